The topological polar surface area (TPSA) is 35.6 Å². The summed E-state index contributed by atoms with van der Waals surface area (Å²) < 4.78 is 0. The van der Waals surface area contributed by atoms with Crippen molar-refractivity contribution in [2.24, 2.45) is 5.41 Å². The van der Waals surface area contributed by atoms with Crippen LogP contribution in [0.2, 0.25) is 0 Å². The highest BCUT2D eigenvalue weighted by Crippen LogP contribution is 2.29. The number of nitrogens with one attached hydrogen (secondary N) is 1. The molecule has 1 N–H and O–H groups in total. The van der Waals surface area contributed by atoms with Gasteiger partial charge in [-0.2, -0.15) is 0 Å². The number of amides is 1. The number of benzene rings is 1. The lowest BCUT2D eigenvalue weighted by Crippen LogP contribution is -2.44. The molecule has 0 spiro atoms. The highest BCUT2D eigenvalue weighted by molar-refractivity contribution is 5.87. The molecule has 2 fully saturated rings. The normalized spacial score (nSPS) is 27.6. The molecule has 20 heavy (non-hydrogen) atoms. The van der Waals surface area contributed by atoms with Crippen molar-refractivity contribution in [3.05, 3.63) is 30.3 Å². The molecule has 0 bridgehead atoms. The second kappa shape index (κ2) is 5.44. The number of hydrazine groups is 1. The molecule has 3 rings (SSSR count). The fourth-order valence-corrected chi connectivity index (χ4v) is 3.21. The summed E-state index contributed by atoms with van der Waals surface area (Å²) in [5, 5.41) is 1.98. The van der Waals surface area contributed by atoms with Gasteiger partial charge in [0.2, 0.25) is 5.91 Å². The van der Waals surface area contributed by atoms with Crippen LogP contribution in [0.1, 0.15) is 26.2 Å². The number of likely N-dealkylation sites (tertiary alicyclic amines) is 1. The van der Waals surface area contributed by atoms with Crippen LogP contribution in [0.4, 0.5) is 5.69 Å². The van der Waals surface area contributed by atoms with E-state index in [1.807, 2.05) is 35.3 Å². The molecule has 0 aromatic heterocycles. The van der Waals surface area contributed by atoms with Crippen LogP contribution >= 0.6 is 0 Å². The van der Waals surface area contributed by atoms with Crippen LogP contribution in [0.15, 0.2) is 30.3 Å². The molecule has 4 heteroatoms. The van der Waals surface area contributed by atoms with Gasteiger partial charge < -0.3 is 4.90 Å². The summed E-state index contributed by atoms with van der Waals surface area (Å²) >= 11 is 0. The van der Waals surface area contributed by atoms with Gasteiger partial charge in [0, 0.05) is 6.54 Å². The first-order valence-corrected chi connectivity index (χ1v) is 7.53. The van der Waals surface area contributed by atoms with E-state index in [1.165, 1.54) is 19.3 Å². The standard InChI is InChI=1S/C16H23N3O/c1-16(12-18-10-6-3-7-11-18)13-19(17-15(16)20)14-8-4-2-5-9-14/h2,4-5,8-9H,3,6-7,10-13H2,1H3,(H,17,20). The van der Waals surface area contributed by atoms with Crippen molar-refractivity contribution in [3.8, 4) is 0 Å². The third-order valence-electron chi connectivity index (χ3n) is 4.38. The van der Waals surface area contributed by atoms with E-state index in [4.69, 9.17) is 0 Å². The molecule has 2 saturated heterocycles. The van der Waals surface area contributed by atoms with Gasteiger partial charge in [-0.05, 0) is 45.0 Å². The number of carbonyl (C=O) groups excluding carboxylic acids is 1. The number of hydrogen-bond acceptors (Lipinski definition) is 3. The molecule has 108 valence electrons. The Kier molecular flexibility index (Phi) is 3.66. The van der Waals surface area contributed by atoms with Crippen molar-refractivity contribution in [1.29, 1.82) is 0 Å². The van der Waals surface area contributed by atoms with E-state index in [0.717, 1.165) is 31.9 Å². The van der Waals surface area contributed by atoms with E-state index in [-0.39, 0.29) is 11.3 Å². The maximum absolute atomic E-state index is 12.4. The molecule has 1 unspecified atom stereocenters. The Bertz CT molecular complexity index is 470. The zero-order valence-corrected chi connectivity index (χ0v) is 12.1. The van der Waals surface area contributed by atoms with Crippen LogP contribution < -0.4 is 10.4 Å². The minimum atomic E-state index is -0.312. The molecular formula is C16H23N3O. The zero-order valence-electron chi connectivity index (χ0n) is 12.1. The monoisotopic (exact) mass is 273 g/mol. The van der Waals surface area contributed by atoms with Gasteiger partial charge in [0.1, 0.15) is 0 Å². The van der Waals surface area contributed by atoms with E-state index < -0.39 is 0 Å². The van der Waals surface area contributed by atoms with Crippen LogP contribution in [0.3, 0.4) is 0 Å². The van der Waals surface area contributed by atoms with E-state index in [9.17, 15) is 4.79 Å². The van der Waals surface area contributed by atoms with Crippen molar-refractivity contribution in [1.82, 2.24) is 10.3 Å². The van der Waals surface area contributed by atoms with E-state index in [2.05, 4.69) is 17.2 Å². The number of rotatable bonds is 3. The molecule has 2 heterocycles. The molecule has 2 aliphatic rings. The van der Waals surface area contributed by atoms with Crippen LogP contribution in [0.5, 0.6) is 0 Å². The highest BCUT2D eigenvalue weighted by Gasteiger charge is 2.43. The smallest absolute Gasteiger partial charge is 0.247 e. The van der Waals surface area contributed by atoms with Crippen molar-refractivity contribution in [3.63, 3.8) is 0 Å². The quantitative estimate of drug-likeness (QED) is 0.915. The van der Waals surface area contributed by atoms with Gasteiger partial charge in [-0.1, -0.05) is 24.6 Å². The lowest BCUT2D eigenvalue weighted by molar-refractivity contribution is -0.127. The highest BCUT2D eigenvalue weighted by atomic mass is 16.2. The molecule has 0 radical (unpaired) electrons. The number of piperidine rings is 1. The van der Waals surface area contributed by atoms with E-state index in [0.29, 0.717) is 0 Å². The molecule has 0 saturated carbocycles. The van der Waals surface area contributed by atoms with Gasteiger partial charge >= 0.3 is 0 Å². The summed E-state index contributed by atoms with van der Waals surface area (Å²) in [5.41, 5.74) is 3.76. The predicted octanol–water partition coefficient (Wildman–Crippen LogP) is 2.03. The minimum absolute atomic E-state index is 0.145. The van der Waals surface area contributed by atoms with E-state index in [1.54, 1.807) is 0 Å². The minimum Gasteiger partial charge on any atom is -0.302 e. The lowest BCUT2D eigenvalue weighted by Gasteiger charge is -2.32. The van der Waals surface area contributed by atoms with Crippen LogP contribution in [-0.2, 0) is 4.79 Å². The Morgan fingerprint density at radius 3 is 2.55 bits per heavy atom. The number of hydrogen-bond donors (Lipinski definition) is 1. The van der Waals surface area contributed by atoms with Crippen LogP contribution in [0.25, 0.3) is 0 Å². The van der Waals surface area contributed by atoms with Gasteiger partial charge in [-0.25, -0.2) is 0 Å². The molecule has 1 atom stereocenters. The summed E-state index contributed by atoms with van der Waals surface area (Å²) in [7, 11) is 0. The Morgan fingerprint density at radius 2 is 1.85 bits per heavy atom. The average molecular weight is 273 g/mol. The van der Waals surface area contributed by atoms with Gasteiger partial charge in [-0.15, -0.1) is 0 Å². The summed E-state index contributed by atoms with van der Waals surface area (Å²) in [4.78, 5) is 14.8. The predicted molar refractivity (Wildman–Crippen MR) is 80.3 cm³/mol. The zero-order chi connectivity index (χ0) is 14.0. The Balaban J connectivity index is 1.69. The third kappa shape index (κ3) is 2.66. The molecule has 4 nitrogen and oxygen atoms in total. The molecule has 0 aliphatic carbocycles. The third-order valence-corrected chi connectivity index (χ3v) is 4.38. The van der Waals surface area contributed by atoms with Gasteiger partial charge in [0.05, 0.1) is 17.6 Å². The number of anilines is 1. The van der Waals surface area contributed by atoms with Crippen molar-refractivity contribution >= 4 is 11.6 Å². The molecule has 1 aromatic carbocycles. The number of carbonyl (C=O) groups is 1. The van der Waals surface area contributed by atoms with Gasteiger partial charge in [0.25, 0.3) is 0 Å². The molecule has 2 aliphatic heterocycles. The van der Waals surface area contributed by atoms with Crippen LogP contribution in [-0.4, -0.2) is 37.0 Å². The largest absolute Gasteiger partial charge is 0.302 e. The van der Waals surface area contributed by atoms with Crippen molar-refractivity contribution in [2.75, 3.05) is 31.2 Å². The second-order valence-corrected chi connectivity index (χ2v) is 6.26. The second-order valence-electron chi connectivity index (χ2n) is 6.26. The fourth-order valence-electron chi connectivity index (χ4n) is 3.21. The molecular weight excluding hydrogens is 250 g/mol. The molecule has 1 aromatic rings. The number of nitrogens with zero attached hydrogens (tertiary/aromatic N) is 2. The average Bonchev–Trinajstić information content (AvgIpc) is 2.77. The molecule has 1 amide bonds. The Morgan fingerprint density at radius 1 is 1.15 bits per heavy atom. The lowest BCUT2D eigenvalue weighted by atomic mass is 9.89. The summed E-state index contributed by atoms with van der Waals surface area (Å²) in [6.45, 7) is 5.96. The van der Waals surface area contributed by atoms with Crippen LogP contribution in [0, 0.1) is 5.41 Å². The van der Waals surface area contributed by atoms with Gasteiger partial charge in [0.15, 0.2) is 0 Å². The van der Waals surface area contributed by atoms with Crippen molar-refractivity contribution < 1.29 is 4.79 Å². The van der Waals surface area contributed by atoms with E-state index >= 15 is 0 Å². The fraction of sp³-hybridized carbons (Fsp3) is 0.562. The first-order chi connectivity index (χ1) is 9.67. The van der Waals surface area contributed by atoms with Crippen molar-refractivity contribution in [2.45, 2.75) is 26.2 Å². The summed E-state index contributed by atoms with van der Waals surface area (Å²) in [6, 6.07) is 10.1. The Hall–Kier alpha value is -1.55. The maximum atomic E-state index is 12.4. The first-order valence-electron chi connectivity index (χ1n) is 7.53. The SMILES string of the molecule is CC1(CN2CCCCC2)CN(c2ccccc2)NC1=O. The Labute approximate surface area is 120 Å². The van der Waals surface area contributed by atoms with Gasteiger partial charge in [-0.3, -0.25) is 15.2 Å². The first kappa shape index (κ1) is 13.4. The summed E-state index contributed by atoms with van der Waals surface area (Å²) in [6.07, 6.45) is 3.86. The summed E-state index contributed by atoms with van der Waals surface area (Å²) in [5.74, 6) is 0.145. The number of para-hydroxylation sites is 1. The maximum Gasteiger partial charge on any atom is 0.247 e.